The van der Waals surface area contributed by atoms with Gasteiger partial charge in [-0.25, -0.2) is 10.1 Å². The van der Waals surface area contributed by atoms with Crippen molar-refractivity contribution in [2.24, 2.45) is 0 Å². The second kappa shape index (κ2) is 5.50. The summed E-state index contributed by atoms with van der Waals surface area (Å²) in [5.41, 5.74) is 0. The number of hydrogen-bond acceptors (Lipinski definition) is 7. The van der Waals surface area contributed by atoms with Crippen LogP contribution in [0.4, 0.5) is 0 Å². The third-order valence-corrected chi connectivity index (χ3v) is 0.496. The summed E-state index contributed by atoms with van der Waals surface area (Å²) in [5.74, 6) is 0. The van der Waals surface area contributed by atoms with Crippen molar-refractivity contribution >= 4 is 0 Å². The maximum atomic E-state index is 10.3. The predicted octanol–water partition coefficient (Wildman–Crippen LogP) is -0.402. The Kier molecular flexibility index (Phi) is 5.35. The van der Waals surface area contributed by atoms with Gasteiger partial charge < -0.3 is 15.5 Å². The lowest BCUT2D eigenvalue weighted by Crippen LogP contribution is -2.28. The van der Waals surface area contributed by atoms with Crippen molar-refractivity contribution in [3.63, 3.8) is 0 Å². The van der Waals surface area contributed by atoms with Crippen LogP contribution in [-0.4, -0.2) is 31.1 Å². The molecule has 0 aromatic heterocycles. The van der Waals surface area contributed by atoms with Crippen molar-refractivity contribution in [1.82, 2.24) is 10.3 Å². The summed E-state index contributed by atoms with van der Waals surface area (Å²) in [7, 11) is 2.33. The smallest absolute Gasteiger partial charge is 0.0745 e. The lowest BCUT2D eigenvalue weighted by molar-refractivity contribution is -0.567. The third-order valence-electron chi connectivity index (χ3n) is 0.496. The van der Waals surface area contributed by atoms with Crippen LogP contribution in [0.5, 0.6) is 0 Å². The highest BCUT2D eigenvalue weighted by molar-refractivity contribution is 4.44. The molecule has 0 heterocycles. The van der Waals surface area contributed by atoms with Crippen molar-refractivity contribution in [1.29, 1.82) is 0 Å². The molecule has 0 aliphatic heterocycles. The van der Waals surface area contributed by atoms with E-state index in [1.165, 1.54) is 7.05 Å². The van der Waals surface area contributed by atoms with Crippen LogP contribution in [0.25, 0.3) is 0 Å². The highest BCUT2D eigenvalue weighted by Gasteiger charge is 1.89. The molecule has 0 radical (unpaired) electrons. The Balaban J connectivity index is 3.16. The van der Waals surface area contributed by atoms with E-state index in [4.69, 9.17) is 0 Å². The normalized spacial score (nSPS) is 11.4. The largest absolute Gasteiger partial charge is 0.784 e. The summed E-state index contributed by atoms with van der Waals surface area (Å²) in [4.78, 5) is 7.73. The topological polar surface area (TPSA) is 80.3 Å². The molecule has 0 saturated carbocycles. The van der Waals surface area contributed by atoms with Gasteiger partial charge in [0, 0.05) is 0 Å². The molecular formula is C3H8N2O5-2. The van der Waals surface area contributed by atoms with E-state index in [9.17, 15) is 10.4 Å². The molecule has 0 aliphatic carbocycles. The van der Waals surface area contributed by atoms with Gasteiger partial charge in [-0.3, -0.25) is 0 Å². The fourth-order valence-corrected chi connectivity index (χ4v) is 0.251. The van der Waals surface area contributed by atoms with Gasteiger partial charge in [0.05, 0.1) is 13.8 Å². The van der Waals surface area contributed by atoms with Gasteiger partial charge in [-0.15, -0.1) is 4.99 Å². The second-order valence-electron chi connectivity index (χ2n) is 1.41. The molecular weight excluding hydrogens is 144 g/mol. The third kappa shape index (κ3) is 5.85. The SMILES string of the molecule is COOON([O-])CN(C)[O-]. The first-order chi connectivity index (χ1) is 4.66. The maximum absolute atomic E-state index is 10.3. The highest BCUT2D eigenvalue weighted by Crippen LogP contribution is 1.89. The summed E-state index contributed by atoms with van der Waals surface area (Å²) >= 11 is 0. The van der Waals surface area contributed by atoms with Crippen molar-refractivity contribution < 1.29 is 14.9 Å². The lowest BCUT2D eigenvalue weighted by atomic mass is 11.0. The van der Waals surface area contributed by atoms with Crippen molar-refractivity contribution in [3.05, 3.63) is 10.4 Å². The minimum atomic E-state index is -0.469. The van der Waals surface area contributed by atoms with Gasteiger partial charge in [-0.05, 0) is 12.1 Å². The number of nitrogens with zero attached hydrogens (tertiary/aromatic N) is 2. The zero-order valence-corrected chi connectivity index (χ0v) is 5.64. The second-order valence-corrected chi connectivity index (χ2v) is 1.41. The zero-order chi connectivity index (χ0) is 7.98. The predicted molar refractivity (Wildman–Crippen MR) is 30.4 cm³/mol. The standard InChI is InChI=1S/C3H8N2O5/c1-4(6)3-5(7)9-10-8-2/h3H2,1-2H3/q-2. The van der Waals surface area contributed by atoms with E-state index < -0.39 is 6.67 Å². The number of hydrogen-bond donors (Lipinski definition) is 0. The summed E-state index contributed by atoms with van der Waals surface area (Å²) in [6.45, 7) is -0.469. The minimum absolute atomic E-state index is 0.0729. The van der Waals surface area contributed by atoms with E-state index in [1.54, 1.807) is 0 Å². The van der Waals surface area contributed by atoms with Gasteiger partial charge in [-0.2, -0.15) is 0 Å². The van der Waals surface area contributed by atoms with Gasteiger partial charge >= 0.3 is 0 Å². The van der Waals surface area contributed by atoms with E-state index in [1.807, 2.05) is 0 Å². The average molecular weight is 152 g/mol. The van der Waals surface area contributed by atoms with E-state index in [0.717, 1.165) is 7.11 Å². The molecule has 0 rings (SSSR count). The molecule has 0 aromatic rings. The lowest BCUT2D eigenvalue weighted by Gasteiger charge is -2.31. The molecule has 0 spiro atoms. The molecule has 0 unspecified atom stereocenters. The summed E-state index contributed by atoms with van der Waals surface area (Å²) in [5, 5.41) is 24.4. The average Bonchev–Trinajstić information content (AvgIpc) is 1.82. The molecule has 0 aromatic carbocycles. The molecule has 0 amide bonds. The van der Waals surface area contributed by atoms with Crippen LogP contribution in [0.1, 0.15) is 0 Å². The Morgan fingerprint density at radius 2 is 2.00 bits per heavy atom. The van der Waals surface area contributed by atoms with E-state index in [0.29, 0.717) is 5.06 Å². The Hall–Kier alpha value is -0.280. The molecule has 0 fully saturated rings. The monoisotopic (exact) mass is 152 g/mol. The quantitative estimate of drug-likeness (QED) is 0.301. The molecule has 10 heavy (non-hydrogen) atoms. The van der Waals surface area contributed by atoms with Gasteiger partial charge in [0.15, 0.2) is 0 Å². The van der Waals surface area contributed by atoms with Crippen LogP contribution in [-0.2, 0) is 14.9 Å². The number of rotatable bonds is 5. The van der Waals surface area contributed by atoms with Crippen LogP contribution in [0.3, 0.4) is 0 Å². The molecule has 7 nitrogen and oxygen atoms in total. The van der Waals surface area contributed by atoms with Crippen LogP contribution in [0, 0.1) is 10.4 Å². The van der Waals surface area contributed by atoms with Crippen molar-refractivity contribution in [3.8, 4) is 0 Å². The highest BCUT2D eigenvalue weighted by atomic mass is 17.6. The van der Waals surface area contributed by atoms with Gasteiger partial charge in [0.2, 0.25) is 0 Å². The minimum Gasteiger partial charge on any atom is -0.784 e. The maximum Gasteiger partial charge on any atom is 0.0745 e. The Morgan fingerprint density at radius 3 is 2.40 bits per heavy atom. The van der Waals surface area contributed by atoms with E-state index >= 15 is 0 Å². The van der Waals surface area contributed by atoms with Gasteiger partial charge in [-0.1, -0.05) is 0 Å². The Labute approximate surface area is 57.6 Å². The first-order valence-corrected chi connectivity index (χ1v) is 2.37. The molecule has 0 aliphatic rings. The van der Waals surface area contributed by atoms with E-state index in [2.05, 4.69) is 14.9 Å². The van der Waals surface area contributed by atoms with Crippen LogP contribution in [0.15, 0.2) is 0 Å². The molecule has 0 N–H and O–H groups in total. The molecule has 7 heteroatoms. The number of hydroxylamine groups is 4. The zero-order valence-electron chi connectivity index (χ0n) is 5.64. The van der Waals surface area contributed by atoms with Crippen LogP contribution in [0.2, 0.25) is 0 Å². The molecule has 62 valence electrons. The van der Waals surface area contributed by atoms with Gasteiger partial charge in [0.25, 0.3) is 0 Å². The van der Waals surface area contributed by atoms with Gasteiger partial charge in [0.1, 0.15) is 0 Å². The first kappa shape index (κ1) is 9.72. The summed E-state index contributed by atoms with van der Waals surface area (Å²) < 4.78 is 0. The molecule has 0 atom stereocenters. The molecule has 0 bridgehead atoms. The first-order valence-electron chi connectivity index (χ1n) is 2.37. The van der Waals surface area contributed by atoms with Crippen LogP contribution >= 0.6 is 0 Å². The fraction of sp³-hybridized carbons (Fsp3) is 1.00. The fourth-order valence-electron chi connectivity index (χ4n) is 0.251. The Bertz CT molecular complexity index is 79.3. The van der Waals surface area contributed by atoms with Crippen LogP contribution < -0.4 is 0 Å². The molecule has 0 saturated heterocycles. The Morgan fingerprint density at radius 1 is 1.40 bits per heavy atom. The van der Waals surface area contributed by atoms with Crippen molar-refractivity contribution in [2.75, 3.05) is 20.8 Å². The summed E-state index contributed by atoms with van der Waals surface area (Å²) in [6, 6.07) is 0. The van der Waals surface area contributed by atoms with Crippen molar-refractivity contribution in [2.45, 2.75) is 0 Å². The van der Waals surface area contributed by atoms with E-state index in [-0.39, 0.29) is 5.23 Å². The summed E-state index contributed by atoms with van der Waals surface area (Å²) in [6.07, 6.45) is 0.